The number of hydrogen-bond donors (Lipinski definition) is 2. The van der Waals surface area contributed by atoms with E-state index in [0.717, 1.165) is 0 Å². The highest BCUT2D eigenvalue weighted by Crippen LogP contribution is 2.27. The van der Waals surface area contributed by atoms with Crippen molar-refractivity contribution in [2.24, 2.45) is 0 Å². The molecule has 4 aromatic rings. The average molecular weight is 577 g/mol. The van der Waals surface area contributed by atoms with Gasteiger partial charge in [-0.2, -0.15) is 5.26 Å². The van der Waals surface area contributed by atoms with E-state index in [1.165, 1.54) is 6.33 Å². The van der Waals surface area contributed by atoms with Crippen molar-refractivity contribution in [3.05, 3.63) is 82.2 Å². The minimum Gasteiger partial charge on any atom is -0.382 e. The van der Waals surface area contributed by atoms with E-state index in [1.54, 1.807) is 10.6 Å². The fourth-order valence-electron chi connectivity index (χ4n) is 5.00. The average Bonchev–Trinajstić information content (AvgIpc) is 3.04. The van der Waals surface area contributed by atoms with Crippen molar-refractivity contribution in [2.75, 3.05) is 37.4 Å². The largest absolute Gasteiger partial charge is 0.382 e. The SMILES string of the molecule is CC[C@H](Nc1ncnc(N)c1C#N)c1nc2cccc(C#CCCCC(=O)N3CCOCC3)c2c(=O)n1-c1ccccc1. The Morgan fingerprint density at radius 2 is 1.93 bits per heavy atom. The minimum absolute atomic E-state index is 0.0652. The number of amides is 1. The second-order valence-electron chi connectivity index (χ2n) is 9.99. The summed E-state index contributed by atoms with van der Waals surface area (Å²) in [6.45, 7) is 4.36. The molecule has 0 aliphatic carbocycles. The van der Waals surface area contributed by atoms with Gasteiger partial charge in [0.1, 0.15) is 35.4 Å². The summed E-state index contributed by atoms with van der Waals surface area (Å²) in [6.07, 6.45) is 3.39. The van der Waals surface area contributed by atoms with Crippen LogP contribution in [0.4, 0.5) is 11.6 Å². The molecule has 1 fully saturated rings. The molecule has 0 unspecified atom stereocenters. The Bertz CT molecular complexity index is 1780. The number of ether oxygens (including phenoxy) is 1. The molecule has 3 N–H and O–H groups in total. The zero-order chi connectivity index (χ0) is 30.2. The third-order valence-corrected chi connectivity index (χ3v) is 7.24. The first kappa shape index (κ1) is 29.2. The summed E-state index contributed by atoms with van der Waals surface area (Å²) in [5, 5.41) is 13.3. The van der Waals surface area contributed by atoms with Crippen LogP contribution in [0.25, 0.3) is 16.6 Å². The Kier molecular flexibility index (Phi) is 9.25. The van der Waals surface area contributed by atoms with Crippen LogP contribution in [-0.4, -0.2) is 56.6 Å². The number of nitrogens with two attached hydrogens (primary N) is 1. The molecule has 1 atom stereocenters. The third-order valence-electron chi connectivity index (χ3n) is 7.24. The van der Waals surface area contributed by atoms with Crippen LogP contribution in [0.2, 0.25) is 0 Å². The number of nitrogen functional groups attached to an aromatic ring is 1. The maximum atomic E-state index is 14.2. The molecule has 0 saturated carbocycles. The van der Waals surface area contributed by atoms with Crippen LogP contribution in [0, 0.1) is 23.2 Å². The second kappa shape index (κ2) is 13.6. The predicted octanol–water partition coefficient (Wildman–Crippen LogP) is 3.57. The second-order valence-corrected chi connectivity index (χ2v) is 9.99. The Morgan fingerprint density at radius 3 is 2.67 bits per heavy atom. The molecule has 2 aromatic carbocycles. The fourth-order valence-corrected chi connectivity index (χ4v) is 5.00. The normalized spacial score (nSPS) is 13.5. The van der Waals surface area contributed by atoms with Crippen LogP contribution in [-0.2, 0) is 9.53 Å². The molecule has 218 valence electrons. The van der Waals surface area contributed by atoms with Gasteiger partial charge in [0.25, 0.3) is 5.56 Å². The molecule has 43 heavy (non-hydrogen) atoms. The summed E-state index contributed by atoms with van der Waals surface area (Å²) in [7, 11) is 0. The first-order valence-electron chi connectivity index (χ1n) is 14.2. The predicted molar refractivity (Wildman–Crippen MR) is 163 cm³/mol. The number of morpholine rings is 1. The van der Waals surface area contributed by atoms with Crippen molar-refractivity contribution < 1.29 is 9.53 Å². The highest BCUT2D eigenvalue weighted by atomic mass is 16.5. The monoisotopic (exact) mass is 576 g/mol. The lowest BCUT2D eigenvalue weighted by Gasteiger charge is -2.26. The maximum Gasteiger partial charge on any atom is 0.267 e. The standard InChI is InChI=1S/C32H32N8O3/c1-2-25(37-30-24(20-33)29(34)35-21-36-30)31-38-26-14-9-11-22(28(26)32(42)40(31)23-12-6-4-7-13-23)10-5-3-8-15-27(41)39-16-18-43-19-17-39/h4,6-7,9,11-14,21,25H,2-3,8,15-19H2,1H3,(H3,34,35,36,37)/t25-/m0/s1. The number of benzene rings is 2. The van der Waals surface area contributed by atoms with Gasteiger partial charge in [-0.15, -0.1) is 0 Å². The van der Waals surface area contributed by atoms with Crippen LogP contribution in [0.1, 0.15) is 55.6 Å². The summed E-state index contributed by atoms with van der Waals surface area (Å²) in [5.41, 5.74) is 7.49. The van der Waals surface area contributed by atoms with Crippen LogP contribution in [0.3, 0.4) is 0 Å². The van der Waals surface area contributed by atoms with Gasteiger partial charge in [0.05, 0.1) is 35.8 Å². The van der Waals surface area contributed by atoms with Crippen molar-refractivity contribution in [1.29, 1.82) is 5.26 Å². The number of para-hydroxylation sites is 1. The van der Waals surface area contributed by atoms with Gasteiger partial charge in [0, 0.05) is 31.5 Å². The van der Waals surface area contributed by atoms with Gasteiger partial charge in [-0.1, -0.05) is 43.0 Å². The molecule has 1 saturated heterocycles. The first-order valence-corrected chi connectivity index (χ1v) is 14.2. The number of nitriles is 1. The van der Waals surface area contributed by atoms with E-state index in [-0.39, 0.29) is 28.7 Å². The first-order chi connectivity index (χ1) is 21.0. The van der Waals surface area contributed by atoms with Crippen molar-refractivity contribution in [1.82, 2.24) is 24.4 Å². The van der Waals surface area contributed by atoms with Gasteiger partial charge in [-0.25, -0.2) is 15.0 Å². The summed E-state index contributed by atoms with van der Waals surface area (Å²) in [6, 6.07) is 16.3. The molecular weight excluding hydrogens is 544 g/mol. The van der Waals surface area contributed by atoms with Crippen molar-refractivity contribution in [3.63, 3.8) is 0 Å². The molecule has 1 aliphatic rings. The lowest BCUT2D eigenvalue weighted by molar-refractivity contribution is -0.135. The summed E-state index contributed by atoms with van der Waals surface area (Å²) in [5.74, 6) is 7.20. The van der Waals surface area contributed by atoms with E-state index in [2.05, 4.69) is 27.1 Å². The van der Waals surface area contributed by atoms with Crippen LogP contribution in [0.5, 0.6) is 0 Å². The number of nitrogens with one attached hydrogen (secondary N) is 1. The molecule has 1 aliphatic heterocycles. The molecule has 0 bridgehead atoms. The topological polar surface area (TPSA) is 152 Å². The Balaban J connectivity index is 1.49. The zero-order valence-corrected chi connectivity index (χ0v) is 23.9. The number of anilines is 2. The lowest BCUT2D eigenvalue weighted by atomic mass is 10.1. The number of carbonyl (C=O) groups is 1. The number of hydrogen-bond acceptors (Lipinski definition) is 9. The van der Waals surface area contributed by atoms with E-state index in [9.17, 15) is 14.9 Å². The lowest BCUT2D eigenvalue weighted by Crippen LogP contribution is -2.40. The van der Waals surface area contributed by atoms with Crippen LogP contribution >= 0.6 is 0 Å². The summed E-state index contributed by atoms with van der Waals surface area (Å²) < 4.78 is 6.89. The smallest absolute Gasteiger partial charge is 0.267 e. The van der Waals surface area contributed by atoms with Crippen molar-refractivity contribution in [2.45, 2.75) is 38.6 Å². The highest BCUT2D eigenvalue weighted by Gasteiger charge is 2.23. The molecular formula is C32H32N8O3. The molecule has 0 radical (unpaired) electrons. The third kappa shape index (κ3) is 6.48. The van der Waals surface area contributed by atoms with E-state index in [4.69, 9.17) is 15.5 Å². The molecule has 0 spiro atoms. The van der Waals surface area contributed by atoms with Gasteiger partial charge >= 0.3 is 0 Å². The number of unbranched alkanes of at least 4 members (excludes halogenated alkanes) is 1. The van der Waals surface area contributed by atoms with Crippen LogP contribution in [0.15, 0.2) is 59.7 Å². The van der Waals surface area contributed by atoms with E-state index >= 15 is 0 Å². The summed E-state index contributed by atoms with van der Waals surface area (Å²) in [4.78, 5) is 41.6. The van der Waals surface area contributed by atoms with Gasteiger partial charge < -0.3 is 20.7 Å². The van der Waals surface area contributed by atoms with Crippen molar-refractivity contribution in [3.8, 4) is 23.6 Å². The Morgan fingerprint density at radius 1 is 1.14 bits per heavy atom. The quantitative estimate of drug-likeness (QED) is 0.237. The van der Waals surface area contributed by atoms with E-state index < -0.39 is 6.04 Å². The van der Waals surface area contributed by atoms with Gasteiger partial charge in [-0.3, -0.25) is 14.2 Å². The number of carbonyl (C=O) groups excluding carboxylic acids is 1. The Labute approximate surface area is 249 Å². The highest BCUT2D eigenvalue weighted by molar-refractivity contribution is 5.85. The summed E-state index contributed by atoms with van der Waals surface area (Å²) >= 11 is 0. The van der Waals surface area contributed by atoms with E-state index in [1.807, 2.05) is 60.4 Å². The molecule has 11 heteroatoms. The zero-order valence-electron chi connectivity index (χ0n) is 23.9. The van der Waals surface area contributed by atoms with Gasteiger partial charge in [0.2, 0.25) is 5.91 Å². The molecule has 3 heterocycles. The van der Waals surface area contributed by atoms with Gasteiger partial charge in [0.15, 0.2) is 0 Å². The fraction of sp³-hybridized carbons (Fsp3) is 0.312. The van der Waals surface area contributed by atoms with Gasteiger partial charge in [-0.05, 0) is 37.1 Å². The Hall–Kier alpha value is -5.26. The number of rotatable bonds is 8. The number of aromatic nitrogens is 4. The number of fused-ring (bicyclic) bond motifs is 1. The van der Waals surface area contributed by atoms with E-state index in [0.29, 0.717) is 80.0 Å². The molecule has 11 nitrogen and oxygen atoms in total. The van der Waals surface area contributed by atoms with Crippen LogP contribution < -0.4 is 16.6 Å². The minimum atomic E-state index is -0.488. The number of nitrogens with zero attached hydrogens (tertiary/aromatic N) is 6. The molecule has 1 amide bonds. The van der Waals surface area contributed by atoms with Crippen molar-refractivity contribution >= 4 is 28.4 Å². The molecule has 2 aromatic heterocycles. The molecule has 5 rings (SSSR count). The maximum absolute atomic E-state index is 14.2.